The maximum atomic E-state index is 14.2. The van der Waals surface area contributed by atoms with Gasteiger partial charge < -0.3 is 15.1 Å². The predicted octanol–water partition coefficient (Wildman–Crippen LogP) is 2.73. The number of nitrogens with one attached hydrogen (secondary N) is 1. The van der Waals surface area contributed by atoms with Gasteiger partial charge in [0.25, 0.3) is 5.56 Å². The molecule has 5 rings (SSSR count). The smallest absolute Gasteiger partial charge is 0.331 e. The molecule has 1 fully saturated rings. The van der Waals surface area contributed by atoms with Crippen LogP contribution < -0.4 is 16.6 Å². The zero-order valence-electron chi connectivity index (χ0n) is 23.8. The number of carbonyl (C=O) groups is 2. The number of amides is 3. The molecule has 2 aliphatic rings. The maximum absolute atomic E-state index is 14.2. The number of sulfone groups is 1. The van der Waals surface area contributed by atoms with Crippen LogP contribution in [0.1, 0.15) is 18.4 Å². The molecule has 1 aromatic heterocycles. The van der Waals surface area contributed by atoms with Gasteiger partial charge in [-0.2, -0.15) is 0 Å². The Kier molecular flexibility index (Phi) is 8.93. The molecule has 1 saturated heterocycles. The Balaban J connectivity index is 1.34. The van der Waals surface area contributed by atoms with Crippen molar-refractivity contribution >= 4 is 39.1 Å². The highest BCUT2D eigenvalue weighted by molar-refractivity contribution is 7.90. The quantitative estimate of drug-likeness (QED) is 0.419. The zero-order chi connectivity index (χ0) is 31.8. The summed E-state index contributed by atoms with van der Waals surface area (Å²) in [5.74, 6) is -2.11. The van der Waals surface area contributed by atoms with Crippen LogP contribution in [0.3, 0.4) is 0 Å². The Labute approximate surface area is 256 Å². The van der Waals surface area contributed by atoms with Gasteiger partial charge in [0, 0.05) is 55.9 Å². The molecule has 0 bridgehead atoms. The van der Waals surface area contributed by atoms with Gasteiger partial charge >= 0.3 is 11.7 Å². The van der Waals surface area contributed by atoms with Crippen LogP contribution in [0.2, 0.25) is 5.02 Å². The van der Waals surface area contributed by atoms with E-state index in [2.05, 4.69) is 5.32 Å². The van der Waals surface area contributed by atoms with Gasteiger partial charge in [0.2, 0.25) is 5.91 Å². The standard InChI is InChI=1S/C29H30ClF2N5O6S/c1-44(42,43)14-13-37-27(39)22(21-3-2-4-23(32)26(21)30)16-35(29(37)41)17-25(38)34-10-8-20(9-11-34)36-12-7-18-15-19(31)5-6-24(18)33-28(36)40/h2-6,15-16,20H,7-14,17H2,1H3,(H,33,40). The second kappa shape index (κ2) is 12.5. The lowest BCUT2D eigenvalue weighted by Gasteiger charge is -2.38. The SMILES string of the molecule is CS(=O)(=O)CCn1c(=O)c(-c2cccc(F)c2Cl)cn(CC(=O)N2CCC(N3CCc4cc(F)ccc4NC3=O)CC2)c1=O. The average Bonchev–Trinajstić information content (AvgIpc) is 3.13. The van der Waals surface area contributed by atoms with Gasteiger partial charge in [-0.25, -0.2) is 26.8 Å². The third-order valence-corrected chi connectivity index (χ3v) is 9.23. The Hall–Kier alpha value is -4.04. The Morgan fingerprint density at radius 1 is 1.05 bits per heavy atom. The molecule has 0 atom stereocenters. The number of urea groups is 1. The summed E-state index contributed by atoms with van der Waals surface area (Å²) in [4.78, 5) is 56.1. The third kappa shape index (κ3) is 6.70. The minimum atomic E-state index is -3.56. The summed E-state index contributed by atoms with van der Waals surface area (Å²) in [5, 5.41) is 2.47. The summed E-state index contributed by atoms with van der Waals surface area (Å²) in [7, 11) is -3.56. The van der Waals surface area contributed by atoms with Crippen molar-refractivity contribution in [3.05, 3.63) is 85.7 Å². The molecule has 0 spiro atoms. The molecule has 3 amide bonds. The summed E-state index contributed by atoms with van der Waals surface area (Å²) >= 11 is 6.12. The third-order valence-electron chi connectivity index (χ3n) is 7.92. The zero-order valence-corrected chi connectivity index (χ0v) is 25.3. The number of fused-ring (bicyclic) bond motifs is 1. The summed E-state index contributed by atoms with van der Waals surface area (Å²) in [6.45, 7) is 0.0372. The largest absolute Gasteiger partial charge is 0.341 e. The van der Waals surface area contributed by atoms with Crippen molar-refractivity contribution in [1.29, 1.82) is 0 Å². The van der Waals surface area contributed by atoms with E-state index in [9.17, 15) is 36.4 Å². The summed E-state index contributed by atoms with van der Waals surface area (Å²) in [6, 6.07) is 7.59. The molecule has 11 nitrogen and oxygen atoms in total. The van der Waals surface area contributed by atoms with Crippen LogP contribution in [0.5, 0.6) is 0 Å². The molecular formula is C29H30ClF2N5O6S. The van der Waals surface area contributed by atoms with Gasteiger partial charge in [-0.3, -0.25) is 18.7 Å². The summed E-state index contributed by atoms with van der Waals surface area (Å²) < 4.78 is 53.2. The number of benzene rings is 2. The topological polar surface area (TPSA) is 131 Å². The monoisotopic (exact) mass is 649 g/mol. The molecule has 2 aliphatic heterocycles. The van der Waals surface area contributed by atoms with Gasteiger partial charge in [-0.1, -0.05) is 23.7 Å². The van der Waals surface area contributed by atoms with E-state index >= 15 is 0 Å². The Bertz CT molecular complexity index is 1850. The van der Waals surface area contributed by atoms with E-state index in [4.69, 9.17) is 11.6 Å². The van der Waals surface area contributed by atoms with E-state index in [1.807, 2.05) is 0 Å². The number of carbonyl (C=O) groups excluding carboxylic acids is 2. The normalized spacial score (nSPS) is 16.0. The number of piperidine rings is 1. The minimum Gasteiger partial charge on any atom is -0.341 e. The molecule has 0 unspecified atom stereocenters. The maximum Gasteiger partial charge on any atom is 0.331 e. The van der Waals surface area contributed by atoms with E-state index in [-0.39, 0.29) is 34.0 Å². The van der Waals surface area contributed by atoms with E-state index in [0.717, 1.165) is 23.1 Å². The molecule has 3 heterocycles. The fraction of sp³-hybridized carbons (Fsp3) is 0.379. The highest BCUT2D eigenvalue weighted by atomic mass is 35.5. The number of halogens is 3. The average molecular weight is 650 g/mol. The van der Waals surface area contributed by atoms with Crippen LogP contribution in [-0.2, 0) is 34.1 Å². The van der Waals surface area contributed by atoms with Crippen molar-refractivity contribution in [2.45, 2.75) is 38.4 Å². The second-order valence-corrected chi connectivity index (χ2v) is 13.6. The van der Waals surface area contributed by atoms with E-state index < -0.39 is 51.7 Å². The number of hydrogen-bond acceptors (Lipinski definition) is 6. The van der Waals surface area contributed by atoms with E-state index in [1.54, 1.807) is 9.80 Å². The van der Waals surface area contributed by atoms with Crippen LogP contribution in [0.4, 0.5) is 19.3 Å². The van der Waals surface area contributed by atoms with Crippen molar-refractivity contribution in [2.24, 2.45) is 0 Å². The molecular weight excluding hydrogens is 620 g/mol. The molecule has 0 radical (unpaired) electrons. The lowest BCUT2D eigenvalue weighted by molar-refractivity contribution is -0.133. The fourth-order valence-electron chi connectivity index (χ4n) is 5.56. The fourth-order valence-corrected chi connectivity index (χ4v) is 6.30. The van der Waals surface area contributed by atoms with Crippen LogP contribution in [-0.4, -0.2) is 77.0 Å². The predicted molar refractivity (Wildman–Crippen MR) is 161 cm³/mol. The first-order chi connectivity index (χ1) is 20.8. The lowest BCUT2D eigenvalue weighted by Crippen LogP contribution is -2.51. The number of hydrogen-bond donors (Lipinski definition) is 1. The van der Waals surface area contributed by atoms with Crippen LogP contribution in [0.15, 0.2) is 52.2 Å². The molecule has 3 aromatic rings. The van der Waals surface area contributed by atoms with E-state index in [0.29, 0.717) is 54.7 Å². The number of aromatic nitrogens is 2. The second-order valence-electron chi connectivity index (χ2n) is 10.9. The van der Waals surface area contributed by atoms with Crippen molar-refractivity contribution < 1.29 is 26.8 Å². The van der Waals surface area contributed by atoms with Crippen molar-refractivity contribution in [2.75, 3.05) is 37.0 Å². The van der Waals surface area contributed by atoms with Gasteiger partial charge in [0.1, 0.15) is 28.0 Å². The first-order valence-electron chi connectivity index (χ1n) is 13.9. The molecule has 15 heteroatoms. The van der Waals surface area contributed by atoms with Gasteiger partial charge in [0.15, 0.2) is 0 Å². The minimum absolute atomic E-state index is 0.00704. The number of rotatable bonds is 7. The summed E-state index contributed by atoms with van der Waals surface area (Å²) in [6.07, 6.45) is 3.51. The molecule has 0 aliphatic carbocycles. The molecule has 44 heavy (non-hydrogen) atoms. The summed E-state index contributed by atoms with van der Waals surface area (Å²) in [5.41, 5.74) is -0.661. The van der Waals surface area contributed by atoms with Gasteiger partial charge in [-0.15, -0.1) is 0 Å². The first-order valence-corrected chi connectivity index (χ1v) is 16.4. The van der Waals surface area contributed by atoms with Crippen molar-refractivity contribution in [3.8, 4) is 11.1 Å². The molecule has 234 valence electrons. The molecule has 0 saturated carbocycles. The van der Waals surface area contributed by atoms with Crippen LogP contribution >= 0.6 is 11.6 Å². The molecule has 2 aromatic carbocycles. The number of nitrogens with zero attached hydrogens (tertiary/aromatic N) is 4. The van der Waals surface area contributed by atoms with Gasteiger partial charge in [-0.05, 0) is 49.1 Å². The Morgan fingerprint density at radius 3 is 2.48 bits per heavy atom. The van der Waals surface area contributed by atoms with E-state index in [1.165, 1.54) is 30.3 Å². The van der Waals surface area contributed by atoms with Crippen molar-refractivity contribution in [3.63, 3.8) is 0 Å². The Morgan fingerprint density at radius 2 is 1.77 bits per heavy atom. The van der Waals surface area contributed by atoms with Gasteiger partial charge in [0.05, 0.1) is 16.3 Å². The lowest BCUT2D eigenvalue weighted by atomic mass is 10.0. The van der Waals surface area contributed by atoms with Crippen LogP contribution in [0, 0.1) is 11.6 Å². The van der Waals surface area contributed by atoms with Crippen molar-refractivity contribution in [1.82, 2.24) is 18.9 Å². The first kappa shape index (κ1) is 31.4. The highest BCUT2D eigenvalue weighted by Gasteiger charge is 2.32. The number of likely N-dealkylation sites (tertiary alicyclic amines) is 1. The van der Waals surface area contributed by atoms with Crippen LogP contribution in [0.25, 0.3) is 11.1 Å². The number of anilines is 1. The molecule has 1 N–H and O–H groups in total. The highest BCUT2D eigenvalue weighted by Crippen LogP contribution is 2.28.